The minimum Gasteiger partial charge on any atom is -0.375 e. The third-order valence-electron chi connectivity index (χ3n) is 2.56. The highest BCUT2D eigenvalue weighted by molar-refractivity contribution is 6.29. The zero-order chi connectivity index (χ0) is 13.1. The van der Waals surface area contributed by atoms with Crippen molar-refractivity contribution in [3.05, 3.63) is 46.8 Å². The van der Waals surface area contributed by atoms with Crippen LogP contribution < -0.4 is 5.32 Å². The Bertz CT molecular complexity index is 615. The van der Waals surface area contributed by atoms with Crippen LogP contribution in [0.25, 0.3) is 0 Å². The van der Waals surface area contributed by atoms with E-state index < -0.39 is 5.82 Å². The summed E-state index contributed by atoms with van der Waals surface area (Å²) in [7, 11) is 1.78. The largest absolute Gasteiger partial charge is 0.375 e. The van der Waals surface area contributed by atoms with Crippen LogP contribution in [0, 0.1) is 17.1 Å². The number of halogens is 2. The summed E-state index contributed by atoms with van der Waals surface area (Å²) in [5, 5.41) is 12.1. The smallest absolute Gasteiger partial charge is 0.147 e. The molecule has 1 heterocycles. The van der Waals surface area contributed by atoms with Crippen LogP contribution in [0.4, 0.5) is 10.1 Å². The topological polar surface area (TPSA) is 53.6 Å². The van der Waals surface area contributed by atoms with Gasteiger partial charge in [0.25, 0.3) is 0 Å². The van der Waals surface area contributed by atoms with Crippen LogP contribution >= 0.6 is 11.6 Å². The zero-order valence-electron chi connectivity index (χ0n) is 9.61. The minimum absolute atomic E-state index is 0.290. The van der Waals surface area contributed by atoms with Gasteiger partial charge in [0.05, 0.1) is 30.1 Å². The van der Waals surface area contributed by atoms with Crippen molar-refractivity contribution >= 4 is 17.3 Å². The summed E-state index contributed by atoms with van der Waals surface area (Å²) < 4.78 is 15.3. The number of benzene rings is 1. The maximum absolute atomic E-state index is 13.6. The van der Waals surface area contributed by atoms with Gasteiger partial charge in [0.15, 0.2) is 0 Å². The monoisotopic (exact) mass is 264 g/mol. The van der Waals surface area contributed by atoms with Crippen LogP contribution in [0.5, 0.6) is 0 Å². The molecule has 1 aromatic carbocycles. The van der Waals surface area contributed by atoms with E-state index in [9.17, 15) is 4.39 Å². The third-order valence-corrected chi connectivity index (χ3v) is 2.91. The number of anilines is 1. The first kappa shape index (κ1) is 12.4. The van der Waals surface area contributed by atoms with Gasteiger partial charge in [-0.25, -0.2) is 9.37 Å². The number of nitriles is 1. The standard InChI is InChI=1S/C12H10ClFN4/c1-18-11(13)6-17-12(18)7-16-10-3-2-8(5-15)4-9(10)14/h2-4,6,16H,7H2,1H3. The number of nitrogens with zero attached hydrogens (tertiary/aromatic N) is 3. The Balaban J connectivity index is 2.11. The lowest BCUT2D eigenvalue weighted by Crippen LogP contribution is -2.07. The first-order chi connectivity index (χ1) is 8.61. The average molecular weight is 265 g/mol. The molecule has 0 unspecified atom stereocenters. The van der Waals surface area contributed by atoms with Gasteiger partial charge in [-0.3, -0.25) is 0 Å². The molecule has 2 rings (SSSR count). The van der Waals surface area contributed by atoms with E-state index in [1.54, 1.807) is 17.7 Å². The number of nitrogens with one attached hydrogen (secondary N) is 1. The molecule has 6 heteroatoms. The summed E-state index contributed by atoms with van der Waals surface area (Å²) in [6.07, 6.45) is 1.54. The molecule has 0 aliphatic rings. The Kier molecular flexibility index (Phi) is 3.49. The Morgan fingerprint density at radius 1 is 1.56 bits per heavy atom. The van der Waals surface area contributed by atoms with Crippen molar-refractivity contribution in [3.63, 3.8) is 0 Å². The molecule has 92 valence electrons. The lowest BCUT2D eigenvalue weighted by molar-refractivity contribution is 0.629. The molecule has 0 atom stereocenters. The van der Waals surface area contributed by atoms with Crippen LogP contribution in [-0.4, -0.2) is 9.55 Å². The van der Waals surface area contributed by atoms with Crippen molar-refractivity contribution < 1.29 is 4.39 Å². The molecule has 0 saturated heterocycles. The molecule has 4 nitrogen and oxygen atoms in total. The Morgan fingerprint density at radius 2 is 2.33 bits per heavy atom. The third kappa shape index (κ3) is 2.44. The summed E-state index contributed by atoms with van der Waals surface area (Å²) in [6, 6.07) is 6.15. The second-order valence-electron chi connectivity index (χ2n) is 3.72. The van der Waals surface area contributed by atoms with Gasteiger partial charge >= 0.3 is 0 Å². The summed E-state index contributed by atoms with van der Waals surface area (Å²) in [5.74, 6) is 0.234. The van der Waals surface area contributed by atoms with E-state index in [0.717, 1.165) is 0 Å². The molecule has 0 fully saturated rings. The van der Waals surface area contributed by atoms with Gasteiger partial charge in [-0.05, 0) is 18.2 Å². The Labute approximate surface area is 109 Å². The SMILES string of the molecule is Cn1c(Cl)cnc1CNc1ccc(C#N)cc1F. The minimum atomic E-state index is -0.464. The fourth-order valence-corrected chi connectivity index (χ4v) is 1.64. The predicted molar refractivity (Wildman–Crippen MR) is 66.7 cm³/mol. The first-order valence-electron chi connectivity index (χ1n) is 5.21. The number of imidazole rings is 1. The van der Waals surface area contributed by atoms with Gasteiger partial charge in [0.1, 0.15) is 16.8 Å². The molecule has 0 aliphatic heterocycles. The molecule has 0 amide bonds. The molecule has 0 saturated carbocycles. The van der Waals surface area contributed by atoms with Crippen molar-refractivity contribution in [2.75, 3.05) is 5.32 Å². The Hall–Kier alpha value is -2.06. The fourth-order valence-electron chi connectivity index (χ4n) is 1.49. The van der Waals surface area contributed by atoms with Gasteiger partial charge in [-0.2, -0.15) is 5.26 Å². The van der Waals surface area contributed by atoms with Crippen molar-refractivity contribution in [3.8, 4) is 6.07 Å². The van der Waals surface area contributed by atoms with Crippen molar-refractivity contribution in [1.29, 1.82) is 5.26 Å². The van der Waals surface area contributed by atoms with E-state index in [2.05, 4.69) is 10.3 Å². The summed E-state index contributed by atoms with van der Waals surface area (Å²) in [5.41, 5.74) is 0.617. The van der Waals surface area contributed by atoms with E-state index >= 15 is 0 Å². The van der Waals surface area contributed by atoms with Crippen LogP contribution in [0.15, 0.2) is 24.4 Å². The van der Waals surface area contributed by atoms with Gasteiger partial charge in [-0.15, -0.1) is 0 Å². The molecule has 0 spiro atoms. The maximum Gasteiger partial charge on any atom is 0.147 e. The second-order valence-corrected chi connectivity index (χ2v) is 4.10. The molecule has 18 heavy (non-hydrogen) atoms. The van der Waals surface area contributed by atoms with Crippen LogP contribution in [0.3, 0.4) is 0 Å². The number of hydrogen-bond acceptors (Lipinski definition) is 3. The van der Waals surface area contributed by atoms with E-state index in [4.69, 9.17) is 16.9 Å². The lowest BCUT2D eigenvalue weighted by Gasteiger charge is -2.07. The Morgan fingerprint density at radius 3 is 2.89 bits per heavy atom. The van der Waals surface area contributed by atoms with E-state index in [1.807, 2.05) is 6.07 Å². The van der Waals surface area contributed by atoms with Crippen LogP contribution in [-0.2, 0) is 13.6 Å². The van der Waals surface area contributed by atoms with Crippen molar-refractivity contribution in [1.82, 2.24) is 9.55 Å². The quantitative estimate of drug-likeness (QED) is 0.927. The molecule has 2 aromatic rings. The molecule has 1 N–H and O–H groups in total. The highest BCUT2D eigenvalue weighted by Crippen LogP contribution is 2.17. The second kappa shape index (κ2) is 5.07. The van der Waals surface area contributed by atoms with E-state index in [-0.39, 0.29) is 5.56 Å². The van der Waals surface area contributed by atoms with Gasteiger partial charge in [0, 0.05) is 7.05 Å². The average Bonchev–Trinajstić information content (AvgIpc) is 2.68. The molecular formula is C12H10ClFN4. The highest BCUT2D eigenvalue weighted by Gasteiger charge is 2.07. The molecule has 0 aliphatic carbocycles. The lowest BCUT2D eigenvalue weighted by atomic mass is 10.2. The molecule has 1 aromatic heterocycles. The molecular weight excluding hydrogens is 255 g/mol. The molecule has 0 radical (unpaired) electrons. The fraction of sp³-hybridized carbons (Fsp3) is 0.167. The number of hydrogen-bond donors (Lipinski definition) is 1. The maximum atomic E-state index is 13.6. The van der Waals surface area contributed by atoms with Crippen molar-refractivity contribution in [2.45, 2.75) is 6.54 Å². The normalized spacial score (nSPS) is 10.1. The summed E-state index contributed by atoms with van der Waals surface area (Å²) in [6.45, 7) is 0.353. The predicted octanol–water partition coefficient (Wildman–Crippen LogP) is 2.70. The van der Waals surface area contributed by atoms with Crippen LogP contribution in [0.1, 0.15) is 11.4 Å². The van der Waals surface area contributed by atoms with Crippen molar-refractivity contribution in [2.24, 2.45) is 7.05 Å². The number of aromatic nitrogens is 2. The highest BCUT2D eigenvalue weighted by atomic mass is 35.5. The van der Waals surface area contributed by atoms with Gasteiger partial charge in [-0.1, -0.05) is 11.6 Å². The summed E-state index contributed by atoms with van der Waals surface area (Å²) in [4.78, 5) is 4.09. The first-order valence-corrected chi connectivity index (χ1v) is 5.59. The molecule has 0 bridgehead atoms. The number of rotatable bonds is 3. The van der Waals surface area contributed by atoms with E-state index in [0.29, 0.717) is 23.2 Å². The zero-order valence-corrected chi connectivity index (χ0v) is 10.4. The van der Waals surface area contributed by atoms with E-state index in [1.165, 1.54) is 18.3 Å². The van der Waals surface area contributed by atoms with Crippen LogP contribution in [0.2, 0.25) is 5.15 Å². The van der Waals surface area contributed by atoms with Gasteiger partial charge < -0.3 is 9.88 Å². The summed E-state index contributed by atoms with van der Waals surface area (Å²) >= 11 is 5.84. The van der Waals surface area contributed by atoms with Gasteiger partial charge in [0.2, 0.25) is 0 Å².